The van der Waals surface area contributed by atoms with Crippen molar-refractivity contribution in [2.75, 3.05) is 13.1 Å². The molecule has 0 radical (unpaired) electrons. The highest BCUT2D eigenvalue weighted by molar-refractivity contribution is 5.97. The van der Waals surface area contributed by atoms with E-state index >= 15 is 0 Å². The number of aliphatic hydroxyl groups excluding tert-OH is 1. The molecule has 1 fully saturated rings. The number of Topliss-reactive ketones (excluding diaryl/α,β-unsaturated/α-hetero) is 1. The summed E-state index contributed by atoms with van der Waals surface area (Å²) in [6.45, 7) is 1.60. The first kappa shape index (κ1) is 18.3. The van der Waals surface area contributed by atoms with Crippen molar-refractivity contribution in [3.63, 3.8) is 0 Å². The lowest BCUT2D eigenvalue weighted by atomic mass is 9.98. The first-order valence-corrected chi connectivity index (χ1v) is 9.20. The van der Waals surface area contributed by atoms with E-state index in [2.05, 4.69) is 12.1 Å². The lowest BCUT2D eigenvalue weighted by Crippen LogP contribution is -2.29. The van der Waals surface area contributed by atoms with Gasteiger partial charge in [0.1, 0.15) is 0 Å². The van der Waals surface area contributed by atoms with Crippen molar-refractivity contribution in [2.45, 2.75) is 32.3 Å². The van der Waals surface area contributed by atoms with Gasteiger partial charge in [-0.25, -0.2) is 0 Å². The third-order valence-electron chi connectivity index (χ3n) is 5.03. The quantitative estimate of drug-likeness (QED) is 0.779. The van der Waals surface area contributed by atoms with Crippen LogP contribution in [0.4, 0.5) is 0 Å². The first-order valence-electron chi connectivity index (χ1n) is 9.20. The summed E-state index contributed by atoms with van der Waals surface area (Å²) < 4.78 is 0. The molecule has 26 heavy (non-hydrogen) atoms. The third kappa shape index (κ3) is 4.79. The van der Waals surface area contributed by atoms with Crippen molar-refractivity contribution in [1.29, 1.82) is 0 Å². The minimum absolute atomic E-state index is 0.0265. The van der Waals surface area contributed by atoms with Crippen LogP contribution in [0.15, 0.2) is 54.6 Å². The second-order valence-electron chi connectivity index (χ2n) is 6.96. The number of aliphatic hydroxyl groups is 1. The van der Waals surface area contributed by atoms with E-state index in [1.165, 1.54) is 5.56 Å². The summed E-state index contributed by atoms with van der Waals surface area (Å²) in [6.07, 6.45) is 2.50. The van der Waals surface area contributed by atoms with Crippen LogP contribution in [0.2, 0.25) is 0 Å². The molecule has 0 spiro atoms. The molecule has 1 atom stereocenters. The molecule has 0 aliphatic carbocycles. The average molecular weight is 351 g/mol. The number of hydrogen-bond acceptors (Lipinski definition) is 3. The molecule has 1 N–H and O–H groups in total. The fourth-order valence-corrected chi connectivity index (χ4v) is 3.49. The largest absolute Gasteiger partial charge is 0.392 e. The molecule has 3 rings (SSSR count). The number of likely N-dealkylation sites (tertiary alicyclic amines) is 1. The topological polar surface area (TPSA) is 57.6 Å². The molecule has 1 amide bonds. The number of carbonyl (C=O) groups is 2. The zero-order valence-corrected chi connectivity index (χ0v) is 14.9. The zero-order valence-electron chi connectivity index (χ0n) is 14.9. The zero-order chi connectivity index (χ0) is 18.4. The molecule has 1 aliphatic rings. The minimum atomic E-state index is 0.0265. The van der Waals surface area contributed by atoms with E-state index < -0.39 is 0 Å². The van der Waals surface area contributed by atoms with Gasteiger partial charge in [0.2, 0.25) is 5.91 Å². The Kier molecular flexibility index (Phi) is 6.18. The molecule has 1 saturated heterocycles. The van der Waals surface area contributed by atoms with E-state index in [0.29, 0.717) is 11.5 Å². The van der Waals surface area contributed by atoms with Crippen LogP contribution in [0.25, 0.3) is 0 Å². The van der Waals surface area contributed by atoms with Crippen LogP contribution < -0.4 is 0 Å². The molecule has 2 aromatic carbocycles. The van der Waals surface area contributed by atoms with Crippen LogP contribution in [-0.2, 0) is 17.8 Å². The van der Waals surface area contributed by atoms with Crippen molar-refractivity contribution < 1.29 is 14.7 Å². The number of nitrogens with zero attached hydrogens (tertiary/aromatic N) is 1. The maximum atomic E-state index is 12.4. The van der Waals surface area contributed by atoms with Crippen molar-refractivity contribution in [3.8, 4) is 0 Å². The van der Waals surface area contributed by atoms with E-state index in [9.17, 15) is 9.59 Å². The summed E-state index contributed by atoms with van der Waals surface area (Å²) >= 11 is 0. The van der Waals surface area contributed by atoms with E-state index in [1.807, 2.05) is 35.2 Å². The number of amides is 1. The molecule has 4 heteroatoms. The van der Waals surface area contributed by atoms with E-state index in [1.54, 1.807) is 12.1 Å². The average Bonchev–Trinajstić information content (AvgIpc) is 3.15. The lowest BCUT2D eigenvalue weighted by molar-refractivity contribution is -0.130. The van der Waals surface area contributed by atoms with Gasteiger partial charge in [-0.1, -0.05) is 54.6 Å². The molecule has 2 aromatic rings. The summed E-state index contributed by atoms with van der Waals surface area (Å²) in [5, 5.41) is 9.10. The number of rotatable bonds is 7. The summed E-state index contributed by atoms with van der Waals surface area (Å²) in [4.78, 5) is 26.4. The van der Waals surface area contributed by atoms with Gasteiger partial charge in [-0.05, 0) is 29.9 Å². The highest BCUT2D eigenvalue weighted by atomic mass is 16.3. The number of carbonyl (C=O) groups excluding carboxylic acids is 2. The van der Waals surface area contributed by atoms with E-state index in [4.69, 9.17) is 5.11 Å². The summed E-state index contributed by atoms with van der Waals surface area (Å²) in [5.41, 5.74) is 2.83. The molecular formula is C22H25NO3. The Morgan fingerprint density at radius 3 is 2.35 bits per heavy atom. The third-order valence-corrected chi connectivity index (χ3v) is 5.03. The Balaban J connectivity index is 1.45. The maximum Gasteiger partial charge on any atom is 0.223 e. The van der Waals surface area contributed by atoms with Crippen LogP contribution >= 0.6 is 0 Å². The molecule has 136 valence electrons. The lowest BCUT2D eigenvalue weighted by Gasteiger charge is -2.16. The minimum Gasteiger partial charge on any atom is -0.392 e. The molecule has 0 bridgehead atoms. The van der Waals surface area contributed by atoms with Crippen LogP contribution in [0.1, 0.15) is 40.7 Å². The fraction of sp³-hybridized carbons (Fsp3) is 0.364. The van der Waals surface area contributed by atoms with E-state index in [-0.39, 0.29) is 31.1 Å². The van der Waals surface area contributed by atoms with E-state index in [0.717, 1.165) is 31.5 Å². The Hall–Kier alpha value is -2.46. The standard InChI is InChI=1S/C22H25NO3/c24-16-18-8-6-17(7-9-18)14-19-12-13-23(15-19)22(26)11-10-21(25)20-4-2-1-3-5-20/h1-9,19,24H,10-16H2. The van der Waals surface area contributed by atoms with Crippen molar-refractivity contribution in [1.82, 2.24) is 4.90 Å². The monoisotopic (exact) mass is 351 g/mol. The summed E-state index contributed by atoms with van der Waals surface area (Å²) in [5.74, 6) is 0.565. The SMILES string of the molecule is O=C(CCC(=O)N1CCC(Cc2ccc(CO)cc2)C1)c1ccccc1. The number of benzene rings is 2. The van der Waals surface area contributed by atoms with Gasteiger partial charge in [0.25, 0.3) is 0 Å². The Bertz CT molecular complexity index is 740. The van der Waals surface area contributed by atoms with Crippen molar-refractivity contribution in [3.05, 3.63) is 71.3 Å². The summed E-state index contributed by atoms with van der Waals surface area (Å²) in [7, 11) is 0. The van der Waals surface area contributed by atoms with Gasteiger partial charge in [-0.2, -0.15) is 0 Å². The molecule has 1 aliphatic heterocycles. The predicted molar refractivity (Wildman–Crippen MR) is 101 cm³/mol. The molecule has 0 aromatic heterocycles. The molecular weight excluding hydrogens is 326 g/mol. The van der Waals surface area contributed by atoms with Gasteiger partial charge in [-0.3, -0.25) is 9.59 Å². The van der Waals surface area contributed by atoms with Crippen molar-refractivity contribution in [2.24, 2.45) is 5.92 Å². The fourth-order valence-electron chi connectivity index (χ4n) is 3.49. The summed E-state index contributed by atoms with van der Waals surface area (Å²) in [6, 6.07) is 17.1. The second kappa shape index (κ2) is 8.77. The molecule has 1 heterocycles. The van der Waals surface area contributed by atoms with Crippen LogP contribution in [-0.4, -0.2) is 34.8 Å². The highest BCUT2D eigenvalue weighted by Crippen LogP contribution is 2.22. The first-order chi connectivity index (χ1) is 12.7. The molecule has 0 saturated carbocycles. The van der Waals surface area contributed by atoms with Gasteiger partial charge in [-0.15, -0.1) is 0 Å². The number of ketones is 1. The second-order valence-corrected chi connectivity index (χ2v) is 6.96. The Labute approximate surface area is 154 Å². The van der Waals surface area contributed by atoms with Crippen LogP contribution in [0.3, 0.4) is 0 Å². The van der Waals surface area contributed by atoms with Gasteiger partial charge in [0.15, 0.2) is 5.78 Å². The highest BCUT2D eigenvalue weighted by Gasteiger charge is 2.26. The van der Waals surface area contributed by atoms with Gasteiger partial charge >= 0.3 is 0 Å². The number of hydrogen-bond donors (Lipinski definition) is 1. The normalized spacial score (nSPS) is 16.7. The van der Waals surface area contributed by atoms with Gasteiger partial charge in [0, 0.05) is 31.5 Å². The van der Waals surface area contributed by atoms with Gasteiger partial charge in [0.05, 0.1) is 6.61 Å². The Morgan fingerprint density at radius 2 is 1.65 bits per heavy atom. The van der Waals surface area contributed by atoms with Crippen LogP contribution in [0.5, 0.6) is 0 Å². The maximum absolute atomic E-state index is 12.4. The molecule has 4 nitrogen and oxygen atoms in total. The van der Waals surface area contributed by atoms with Gasteiger partial charge < -0.3 is 10.0 Å². The Morgan fingerprint density at radius 1 is 0.962 bits per heavy atom. The van der Waals surface area contributed by atoms with Crippen LogP contribution in [0, 0.1) is 5.92 Å². The molecule has 1 unspecified atom stereocenters. The van der Waals surface area contributed by atoms with Crippen molar-refractivity contribution >= 4 is 11.7 Å². The smallest absolute Gasteiger partial charge is 0.223 e. The predicted octanol–water partition coefficient (Wildman–Crippen LogP) is 3.23.